The Bertz CT molecular complexity index is 278. The third-order valence-corrected chi connectivity index (χ3v) is 3.42. The van der Waals surface area contributed by atoms with E-state index in [4.69, 9.17) is 15.0 Å². The van der Waals surface area contributed by atoms with Crippen LogP contribution in [0.3, 0.4) is 0 Å². The van der Waals surface area contributed by atoms with E-state index in [1.807, 2.05) is 0 Å². The van der Waals surface area contributed by atoms with Gasteiger partial charge in [0.2, 0.25) is 0 Å². The molecule has 5 heteroatoms. The second kappa shape index (κ2) is 4.39. The van der Waals surface area contributed by atoms with Crippen molar-refractivity contribution in [2.24, 2.45) is 11.0 Å². The Balaban J connectivity index is 1.92. The van der Waals surface area contributed by atoms with Crippen molar-refractivity contribution in [3.05, 3.63) is 10.4 Å². The smallest absolute Gasteiger partial charge is 0.0891 e. The highest BCUT2D eigenvalue weighted by molar-refractivity contribution is 4.95. The van der Waals surface area contributed by atoms with Gasteiger partial charge in [-0.3, -0.25) is 0 Å². The van der Waals surface area contributed by atoms with Crippen molar-refractivity contribution in [3.8, 4) is 0 Å². The fourth-order valence-electron chi connectivity index (χ4n) is 2.63. The zero-order chi connectivity index (χ0) is 10.8. The molecule has 2 rings (SSSR count). The first-order valence-electron chi connectivity index (χ1n) is 5.58. The lowest BCUT2D eigenvalue weighted by Crippen LogP contribution is -2.24. The van der Waals surface area contributed by atoms with Crippen molar-refractivity contribution in [1.82, 2.24) is 0 Å². The normalized spacial score (nSPS) is 43.7. The van der Waals surface area contributed by atoms with Crippen LogP contribution in [0.15, 0.2) is 5.11 Å². The van der Waals surface area contributed by atoms with Gasteiger partial charge in [-0.2, -0.15) is 0 Å². The maximum Gasteiger partial charge on any atom is 0.0891 e. The summed E-state index contributed by atoms with van der Waals surface area (Å²) in [5.74, 6) is 0.455. The zero-order valence-corrected chi connectivity index (χ0v) is 9.17. The van der Waals surface area contributed by atoms with Gasteiger partial charge in [0, 0.05) is 17.3 Å². The summed E-state index contributed by atoms with van der Waals surface area (Å²) in [6, 6.07) is 0. The minimum atomic E-state index is 0.0520. The SMILES string of the molecule is CC[C@H]1O[C@H]2CC(CN=[N+]=[N-])O[C@H]2[C@@H]1C. The summed E-state index contributed by atoms with van der Waals surface area (Å²) in [5.41, 5.74) is 8.23. The van der Waals surface area contributed by atoms with Gasteiger partial charge < -0.3 is 9.47 Å². The van der Waals surface area contributed by atoms with E-state index in [2.05, 4.69) is 23.9 Å². The van der Waals surface area contributed by atoms with E-state index < -0.39 is 0 Å². The van der Waals surface area contributed by atoms with Gasteiger partial charge in [-0.05, 0) is 12.0 Å². The van der Waals surface area contributed by atoms with Crippen LogP contribution in [0.25, 0.3) is 10.4 Å². The van der Waals surface area contributed by atoms with Gasteiger partial charge in [0.25, 0.3) is 0 Å². The highest BCUT2D eigenvalue weighted by Gasteiger charge is 2.47. The highest BCUT2D eigenvalue weighted by Crippen LogP contribution is 2.38. The molecule has 84 valence electrons. The monoisotopic (exact) mass is 211 g/mol. The van der Waals surface area contributed by atoms with Gasteiger partial charge in [0.1, 0.15) is 0 Å². The quantitative estimate of drug-likeness (QED) is 0.408. The van der Waals surface area contributed by atoms with E-state index in [0.29, 0.717) is 18.6 Å². The number of fused-ring (bicyclic) bond motifs is 1. The Hall–Kier alpha value is -0.770. The number of hydrogen-bond donors (Lipinski definition) is 0. The van der Waals surface area contributed by atoms with Crippen LogP contribution in [-0.4, -0.2) is 31.0 Å². The lowest BCUT2D eigenvalue weighted by molar-refractivity contribution is 0.0233. The Morgan fingerprint density at radius 2 is 2.27 bits per heavy atom. The van der Waals surface area contributed by atoms with Crippen molar-refractivity contribution >= 4 is 0 Å². The van der Waals surface area contributed by atoms with Gasteiger partial charge in [-0.15, -0.1) is 0 Å². The predicted molar refractivity (Wildman–Crippen MR) is 55.4 cm³/mol. The fraction of sp³-hybridized carbons (Fsp3) is 1.00. The molecule has 0 aliphatic carbocycles. The topological polar surface area (TPSA) is 67.2 Å². The number of ether oxygens (including phenoxy) is 2. The molecule has 5 nitrogen and oxygen atoms in total. The molecule has 0 aromatic rings. The minimum Gasteiger partial charge on any atom is -0.372 e. The van der Waals surface area contributed by atoms with Crippen molar-refractivity contribution in [2.75, 3.05) is 6.54 Å². The lowest BCUT2D eigenvalue weighted by atomic mass is 9.97. The highest BCUT2D eigenvalue weighted by atomic mass is 16.6. The van der Waals surface area contributed by atoms with Crippen LogP contribution < -0.4 is 0 Å². The average Bonchev–Trinajstić information content (AvgIpc) is 2.75. The molecular formula is C10H17N3O2. The summed E-state index contributed by atoms with van der Waals surface area (Å²) in [6.07, 6.45) is 2.71. The molecule has 0 radical (unpaired) electrons. The molecule has 5 atom stereocenters. The average molecular weight is 211 g/mol. The van der Waals surface area contributed by atoms with Crippen molar-refractivity contribution in [1.29, 1.82) is 0 Å². The molecule has 2 aliphatic heterocycles. The van der Waals surface area contributed by atoms with Gasteiger partial charge in [-0.1, -0.05) is 19.0 Å². The zero-order valence-electron chi connectivity index (χ0n) is 9.17. The van der Waals surface area contributed by atoms with Crippen LogP contribution in [0.2, 0.25) is 0 Å². The molecule has 2 aliphatic rings. The van der Waals surface area contributed by atoms with Gasteiger partial charge in [0.05, 0.1) is 31.0 Å². The molecule has 2 heterocycles. The molecule has 2 saturated heterocycles. The number of nitrogens with zero attached hydrogens (tertiary/aromatic N) is 3. The third-order valence-electron chi connectivity index (χ3n) is 3.42. The van der Waals surface area contributed by atoms with E-state index in [0.717, 1.165) is 12.8 Å². The molecule has 15 heavy (non-hydrogen) atoms. The standard InChI is InChI=1S/C10H17N3O2/c1-3-8-6(2)10-9(15-8)4-7(14-10)5-12-13-11/h6-10H,3-5H2,1-2H3/t6-,7?,8-,9+,10+/m1/s1. The van der Waals surface area contributed by atoms with Crippen molar-refractivity contribution in [3.63, 3.8) is 0 Å². The van der Waals surface area contributed by atoms with E-state index in [1.165, 1.54) is 0 Å². The van der Waals surface area contributed by atoms with Crippen molar-refractivity contribution < 1.29 is 9.47 Å². The summed E-state index contributed by atoms with van der Waals surface area (Å²) < 4.78 is 11.7. The number of hydrogen-bond acceptors (Lipinski definition) is 3. The van der Waals surface area contributed by atoms with Crippen LogP contribution in [0, 0.1) is 5.92 Å². The maximum atomic E-state index is 8.23. The first-order chi connectivity index (χ1) is 7.26. The Morgan fingerprint density at radius 3 is 2.87 bits per heavy atom. The molecule has 0 N–H and O–H groups in total. The van der Waals surface area contributed by atoms with Crippen molar-refractivity contribution in [2.45, 2.75) is 51.1 Å². The molecule has 1 unspecified atom stereocenters. The van der Waals surface area contributed by atoms with Crippen LogP contribution in [0.4, 0.5) is 0 Å². The largest absolute Gasteiger partial charge is 0.372 e. The summed E-state index contributed by atoms with van der Waals surface area (Å²) in [6.45, 7) is 4.74. The first-order valence-corrected chi connectivity index (χ1v) is 5.58. The second-order valence-corrected chi connectivity index (χ2v) is 4.35. The molecule has 0 amide bonds. The predicted octanol–water partition coefficient (Wildman–Crippen LogP) is 2.27. The maximum absolute atomic E-state index is 8.23. The third kappa shape index (κ3) is 1.95. The van der Waals surface area contributed by atoms with E-state index in [1.54, 1.807) is 0 Å². The van der Waals surface area contributed by atoms with Crippen LogP contribution in [-0.2, 0) is 9.47 Å². The van der Waals surface area contributed by atoms with Gasteiger partial charge in [0.15, 0.2) is 0 Å². The first kappa shape index (κ1) is 10.7. The molecule has 0 saturated carbocycles. The summed E-state index contributed by atoms with van der Waals surface area (Å²) in [7, 11) is 0. The van der Waals surface area contributed by atoms with E-state index >= 15 is 0 Å². The minimum absolute atomic E-state index is 0.0520. The molecule has 0 bridgehead atoms. The second-order valence-electron chi connectivity index (χ2n) is 4.35. The lowest BCUT2D eigenvalue weighted by Gasteiger charge is -2.18. The molecule has 0 aromatic heterocycles. The summed E-state index contributed by atoms with van der Waals surface area (Å²) in [4.78, 5) is 2.75. The van der Waals surface area contributed by atoms with E-state index in [-0.39, 0.29) is 18.3 Å². The van der Waals surface area contributed by atoms with Crippen LogP contribution in [0.1, 0.15) is 26.7 Å². The fourth-order valence-corrected chi connectivity index (χ4v) is 2.63. The van der Waals surface area contributed by atoms with E-state index in [9.17, 15) is 0 Å². The molecule has 2 fully saturated rings. The Kier molecular flexibility index (Phi) is 3.14. The molecular weight excluding hydrogens is 194 g/mol. The van der Waals surface area contributed by atoms with Crippen LogP contribution >= 0.6 is 0 Å². The molecule has 0 aromatic carbocycles. The Labute approximate surface area is 89.4 Å². The van der Waals surface area contributed by atoms with Gasteiger partial charge in [-0.25, -0.2) is 0 Å². The number of rotatable bonds is 3. The van der Waals surface area contributed by atoms with Crippen LogP contribution in [0.5, 0.6) is 0 Å². The summed E-state index contributed by atoms with van der Waals surface area (Å²) >= 11 is 0. The molecule has 0 spiro atoms. The number of azide groups is 1. The Morgan fingerprint density at radius 1 is 1.47 bits per heavy atom. The summed E-state index contributed by atoms with van der Waals surface area (Å²) in [5, 5.41) is 3.55. The van der Waals surface area contributed by atoms with Gasteiger partial charge >= 0.3 is 0 Å².